The van der Waals surface area contributed by atoms with Crippen LogP contribution in [0.2, 0.25) is 5.02 Å². The van der Waals surface area contributed by atoms with E-state index < -0.39 is 0 Å². The highest BCUT2D eigenvalue weighted by molar-refractivity contribution is 7.97. The van der Waals surface area contributed by atoms with Gasteiger partial charge in [0.05, 0.1) is 5.75 Å². The molecule has 2 heterocycles. The van der Waals surface area contributed by atoms with Crippen molar-refractivity contribution in [1.29, 1.82) is 0 Å². The Labute approximate surface area is 129 Å². The van der Waals surface area contributed by atoms with Gasteiger partial charge < -0.3 is 0 Å². The Hall–Kier alpha value is -1.37. The molecule has 0 spiro atoms. The van der Waals surface area contributed by atoms with Crippen LogP contribution in [0.3, 0.4) is 0 Å². The predicted octanol–water partition coefficient (Wildman–Crippen LogP) is 3.87. The van der Waals surface area contributed by atoms with E-state index in [1.54, 1.807) is 16.3 Å². The SMILES string of the molecule is CSCc1nnc2sc(/C=C/c3ccccc3Cl)nn12. The molecule has 0 saturated heterocycles. The molecule has 102 valence electrons. The minimum Gasteiger partial charge on any atom is -0.186 e. The second kappa shape index (κ2) is 5.95. The lowest BCUT2D eigenvalue weighted by molar-refractivity contribution is 0.881. The molecule has 20 heavy (non-hydrogen) atoms. The minimum absolute atomic E-state index is 0.731. The van der Waals surface area contributed by atoms with Crippen molar-refractivity contribution < 1.29 is 0 Å². The predicted molar refractivity (Wildman–Crippen MR) is 86.3 cm³/mol. The van der Waals surface area contributed by atoms with Gasteiger partial charge in [-0.2, -0.15) is 21.4 Å². The van der Waals surface area contributed by atoms with Gasteiger partial charge in [0.25, 0.3) is 0 Å². The molecule has 0 unspecified atom stereocenters. The Morgan fingerprint density at radius 1 is 1.30 bits per heavy atom. The molecule has 0 aliphatic heterocycles. The second-order valence-corrected chi connectivity index (χ2v) is 6.30. The van der Waals surface area contributed by atoms with E-state index in [4.69, 9.17) is 11.6 Å². The van der Waals surface area contributed by atoms with Crippen molar-refractivity contribution in [3.63, 3.8) is 0 Å². The number of fused-ring (bicyclic) bond motifs is 1. The van der Waals surface area contributed by atoms with Gasteiger partial charge in [-0.1, -0.05) is 47.2 Å². The lowest BCUT2D eigenvalue weighted by Crippen LogP contribution is -1.93. The van der Waals surface area contributed by atoms with Crippen LogP contribution in [0.4, 0.5) is 0 Å². The molecule has 0 bridgehead atoms. The quantitative estimate of drug-likeness (QED) is 0.731. The van der Waals surface area contributed by atoms with Gasteiger partial charge in [-0.3, -0.25) is 0 Å². The van der Waals surface area contributed by atoms with Crippen LogP contribution in [0.15, 0.2) is 24.3 Å². The molecule has 3 rings (SSSR count). The summed E-state index contributed by atoms with van der Waals surface area (Å²) in [5.74, 6) is 1.68. The number of hydrogen-bond acceptors (Lipinski definition) is 5. The van der Waals surface area contributed by atoms with Crippen LogP contribution in [-0.4, -0.2) is 26.1 Å². The summed E-state index contributed by atoms with van der Waals surface area (Å²) in [5.41, 5.74) is 0.976. The van der Waals surface area contributed by atoms with Crippen LogP contribution in [0.5, 0.6) is 0 Å². The van der Waals surface area contributed by atoms with Crippen LogP contribution < -0.4 is 0 Å². The minimum atomic E-state index is 0.731. The first-order valence-corrected chi connectivity index (χ1v) is 8.49. The first-order chi connectivity index (χ1) is 9.78. The summed E-state index contributed by atoms with van der Waals surface area (Å²) in [6, 6.07) is 7.72. The van der Waals surface area contributed by atoms with Gasteiger partial charge in [-0.05, 0) is 24.0 Å². The maximum Gasteiger partial charge on any atom is 0.234 e. The zero-order chi connectivity index (χ0) is 13.9. The maximum atomic E-state index is 6.12. The summed E-state index contributed by atoms with van der Waals surface area (Å²) in [6.07, 6.45) is 5.94. The first-order valence-electron chi connectivity index (χ1n) is 5.90. The van der Waals surface area contributed by atoms with Crippen LogP contribution in [0.1, 0.15) is 16.4 Å². The van der Waals surface area contributed by atoms with Gasteiger partial charge in [0.1, 0.15) is 5.01 Å². The van der Waals surface area contributed by atoms with Crippen molar-refractivity contribution in [3.05, 3.63) is 45.7 Å². The van der Waals surface area contributed by atoms with E-state index in [-0.39, 0.29) is 0 Å². The fraction of sp³-hybridized carbons (Fsp3) is 0.154. The Morgan fingerprint density at radius 2 is 2.15 bits per heavy atom. The van der Waals surface area contributed by atoms with Crippen molar-refractivity contribution in [2.75, 3.05) is 6.26 Å². The fourth-order valence-electron chi connectivity index (χ4n) is 1.73. The van der Waals surface area contributed by atoms with E-state index in [2.05, 4.69) is 15.3 Å². The third kappa shape index (κ3) is 2.72. The number of nitrogens with zero attached hydrogens (tertiary/aromatic N) is 4. The van der Waals surface area contributed by atoms with Crippen LogP contribution in [0, 0.1) is 0 Å². The molecule has 0 fully saturated rings. The Balaban J connectivity index is 1.89. The lowest BCUT2D eigenvalue weighted by atomic mass is 10.2. The monoisotopic (exact) mass is 322 g/mol. The number of aromatic nitrogens is 4. The molecule has 0 N–H and O–H groups in total. The average molecular weight is 323 g/mol. The van der Waals surface area contributed by atoms with E-state index in [1.807, 2.05) is 42.7 Å². The Bertz CT molecular complexity index is 763. The van der Waals surface area contributed by atoms with Crippen LogP contribution in [0.25, 0.3) is 17.1 Å². The van der Waals surface area contributed by atoms with Crippen LogP contribution >= 0.6 is 34.7 Å². The van der Waals surface area contributed by atoms with Crippen molar-refractivity contribution in [2.24, 2.45) is 0 Å². The van der Waals surface area contributed by atoms with E-state index >= 15 is 0 Å². The standard InChI is InChI=1S/C13H11ClN4S2/c1-19-8-11-15-16-13-18(11)17-12(20-13)7-6-9-4-2-3-5-10(9)14/h2-7H,8H2,1H3/b7-6+. The normalized spacial score (nSPS) is 11.7. The number of thioether (sulfide) groups is 1. The molecule has 0 saturated carbocycles. The van der Waals surface area contributed by atoms with E-state index in [1.165, 1.54) is 11.3 Å². The molecular weight excluding hydrogens is 312 g/mol. The fourth-order valence-corrected chi connectivity index (χ4v) is 3.13. The molecular formula is C13H11ClN4S2. The average Bonchev–Trinajstić information content (AvgIpc) is 3.00. The van der Waals surface area contributed by atoms with Crippen molar-refractivity contribution in [3.8, 4) is 0 Å². The number of hydrogen-bond donors (Lipinski definition) is 0. The summed E-state index contributed by atoms with van der Waals surface area (Å²) in [4.78, 5) is 0.813. The van der Waals surface area contributed by atoms with Gasteiger partial charge in [0, 0.05) is 5.02 Å². The van der Waals surface area contributed by atoms with Crippen molar-refractivity contribution in [2.45, 2.75) is 5.75 Å². The summed E-state index contributed by atoms with van der Waals surface area (Å²) < 4.78 is 1.80. The zero-order valence-electron chi connectivity index (χ0n) is 10.7. The van der Waals surface area contributed by atoms with Gasteiger partial charge in [0.2, 0.25) is 4.96 Å². The molecule has 0 amide bonds. The zero-order valence-corrected chi connectivity index (χ0v) is 13.0. The number of halogens is 1. The summed E-state index contributed by atoms with van der Waals surface area (Å²) in [6.45, 7) is 0. The molecule has 0 aliphatic rings. The highest BCUT2D eigenvalue weighted by atomic mass is 35.5. The highest BCUT2D eigenvalue weighted by Crippen LogP contribution is 2.21. The molecule has 7 heteroatoms. The van der Waals surface area contributed by atoms with Crippen molar-refractivity contribution >= 4 is 51.8 Å². The van der Waals surface area contributed by atoms with E-state index in [9.17, 15) is 0 Å². The van der Waals surface area contributed by atoms with Crippen LogP contribution in [-0.2, 0) is 5.75 Å². The first kappa shape index (κ1) is 13.6. The lowest BCUT2D eigenvalue weighted by Gasteiger charge is -1.95. The molecule has 0 aliphatic carbocycles. The van der Waals surface area contributed by atoms with E-state index in [0.717, 1.165) is 32.1 Å². The molecule has 4 nitrogen and oxygen atoms in total. The third-order valence-corrected chi connectivity index (χ3v) is 4.41. The summed E-state index contributed by atoms with van der Waals surface area (Å²) in [5, 5.41) is 14.4. The van der Waals surface area contributed by atoms with E-state index in [0.29, 0.717) is 0 Å². The highest BCUT2D eigenvalue weighted by Gasteiger charge is 2.09. The Morgan fingerprint density at radius 3 is 2.95 bits per heavy atom. The maximum absolute atomic E-state index is 6.12. The molecule has 3 aromatic rings. The molecule has 0 radical (unpaired) electrons. The summed E-state index contributed by atoms with van der Waals surface area (Å²) in [7, 11) is 0. The van der Waals surface area contributed by atoms with Gasteiger partial charge in [-0.15, -0.1) is 10.2 Å². The topological polar surface area (TPSA) is 43.1 Å². The van der Waals surface area contributed by atoms with Gasteiger partial charge in [-0.25, -0.2) is 0 Å². The smallest absolute Gasteiger partial charge is 0.186 e. The molecule has 2 aromatic heterocycles. The second-order valence-electron chi connectivity index (χ2n) is 4.04. The molecule has 0 atom stereocenters. The Kier molecular flexibility index (Phi) is 4.05. The largest absolute Gasteiger partial charge is 0.234 e. The number of rotatable bonds is 4. The van der Waals surface area contributed by atoms with Crippen molar-refractivity contribution in [1.82, 2.24) is 19.8 Å². The van der Waals surface area contributed by atoms with Gasteiger partial charge >= 0.3 is 0 Å². The third-order valence-electron chi connectivity index (χ3n) is 2.66. The van der Waals surface area contributed by atoms with Gasteiger partial charge in [0.15, 0.2) is 5.82 Å². The summed E-state index contributed by atoms with van der Waals surface area (Å²) >= 11 is 9.33. The molecule has 1 aromatic carbocycles. The number of benzene rings is 1.